The molecule has 5 nitrogen and oxygen atoms in total. The Bertz CT molecular complexity index is 1000. The molecule has 2 aromatic carbocycles. The molecule has 0 N–H and O–H groups in total. The predicted octanol–water partition coefficient (Wildman–Crippen LogP) is 4.81. The largest absolute Gasteiger partial charge is 0.457 e. The van der Waals surface area contributed by atoms with E-state index in [2.05, 4.69) is 13.2 Å². The minimum Gasteiger partial charge on any atom is -0.457 e. The molecule has 2 rings (SSSR count). The second kappa shape index (κ2) is 9.41. The van der Waals surface area contributed by atoms with Crippen LogP contribution in [-0.2, 0) is 19.6 Å². The summed E-state index contributed by atoms with van der Waals surface area (Å²) in [6, 6.07) is 14.6. The summed E-state index contributed by atoms with van der Waals surface area (Å²) in [5.41, 5.74) is 0.863. The molecular formula is C24H29NO4S. The second-order valence-corrected chi connectivity index (χ2v) is 9.91. The van der Waals surface area contributed by atoms with Crippen LogP contribution in [0.5, 0.6) is 0 Å². The molecule has 2 aromatic rings. The molecule has 0 fully saturated rings. The Labute approximate surface area is 179 Å². The summed E-state index contributed by atoms with van der Waals surface area (Å²) in [5.74, 6) is -0.649. The number of carbonyl (C=O) groups excluding carboxylic acids is 1. The van der Waals surface area contributed by atoms with Gasteiger partial charge in [-0.2, -0.15) is 4.31 Å². The third-order valence-electron chi connectivity index (χ3n) is 4.33. The normalized spacial score (nSPS) is 13.0. The molecule has 0 amide bonds. The van der Waals surface area contributed by atoms with E-state index >= 15 is 0 Å². The Balaban J connectivity index is 2.60. The number of rotatable bonds is 8. The monoisotopic (exact) mass is 427 g/mol. The lowest BCUT2D eigenvalue weighted by Crippen LogP contribution is -2.38. The van der Waals surface area contributed by atoms with Gasteiger partial charge in [-0.1, -0.05) is 60.7 Å². The Kier molecular flexibility index (Phi) is 7.39. The van der Waals surface area contributed by atoms with Crippen molar-refractivity contribution in [3.8, 4) is 0 Å². The number of hydrogen-bond donors (Lipinski definition) is 0. The van der Waals surface area contributed by atoms with Crippen molar-refractivity contribution in [1.29, 1.82) is 0 Å². The van der Waals surface area contributed by atoms with Gasteiger partial charge < -0.3 is 4.74 Å². The van der Waals surface area contributed by atoms with Crippen molar-refractivity contribution < 1.29 is 17.9 Å². The highest BCUT2D eigenvalue weighted by Crippen LogP contribution is 2.34. The van der Waals surface area contributed by atoms with Crippen molar-refractivity contribution in [3.05, 3.63) is 90.5 Å². The molecule has 6 heteroatoms. The zero-order valence-electron chi connectivity index (χ0n) is 18.0. The molecule has 0 aliphatic heterocycles. The van der Waals surface area contributed by atoms with Gasteiger partial charge in [0.2, 0.25) is 10.0 Å². The van der Waals surface area contributed by atoms with Gasteiger partial charge in [-0.05, 0) is 45.4 Å². The van der Waals surface area contributed by atoms with Crippen LogP contribution in [0.3, 0.4) is 0 Å². The molecule has 30 heavy (non-hydrogen) atoms. The molecule has 0 aliphatic rings. The zero-order chi connectivity index (χ0) is 22.5. The summed E-state index contributed by atoms with van der Waals surface area (Å²) >= 11 is 0. The van der Waals surface area contributed by atoms with Crippen LogP contribution in [0.2, 0.25) is 0 Å². The molecule has 1 atom stereocenters. The van der Waals surface area contributed by atoms with Gasteiger partial charge in [0.1, 0.15) is 5.60 Å². The van der Waals surface area contributed by atoms with Crippen molar-refractivity contribution >= 4 is 16.0 Å². The number of aryl methyl sites for hydroxylation is 1. The van der Waals surface area contributed by atoms with E-state index in [0.29, 0.717) is 5.56 Å². The highest BCUT2D eigenvalue weighted by Gasteiger charge is 2.37. The van der Waals surface area contributed by atoms with Crippen LogP contribution in [0.25, 0.3) is 0 Å². The number of esters is 1. The van der Waals surface area contributed by atoms with Crippen molar-refractivity contribution in [1.82, 2.24) is 4.31 Å². The molecular weight excluding hydrogens is 398 g/mol. The fourth-order valence-electron chi connectivity index (χ4n) is 2.95. The predicted molar refractivity (Wildman–Crippen MR) is 119 cm³/mol. The van der Waals surface area contributed by atoms with E-state index in [-0.39, 0.29) is 17.0 Å². The number of carbonyl (C=O) groups is 1. The van der Waals surface area contributed by atoms with E-state index in [1.165, 1.54) is 10.4 Å². The van der Waals surface area contributed by atoms with Crippen LogP contribution >= 0.6 is 0 Å². The molecule has 0 spiro atoms. The van der Waals surface area contributed by atoms with Crippen LogP contribution in [0.4, 0.5) is 0 Å². The molecule has 0 aliphatic carbocycles. The van der Waals surface area contributed by atoms with Gasteiger partial charge >= 0.3 is 5.97 Å². The smallest absolute Gasteiger partial charge is 0.335 e. The fourth-order valence-corrected chi connectivity index (χ4v) is 4.53. The Morgan fingerprint density at radius 2 is 1.67 bits per heavy atom. The molecule has 1 unspecified atom stereocenters. The zero-order valence-corrected chi connectivity index (χ0v) is 18.8. The van der Waals surface area contributed by atoms with E-state index in [4.69, 9.17) is 4.74 Å². The third kappa shape index (κ3) is 5.68. The number of sulfonamides is 1. The van der Waals surface area contributed by atoms with E-state index in [9.17, 15) is 13.2 Å². The Hall–Kier alpha value is -2.70. The molecule has 0 heterocycles. The van der Waals surface area contributed by atoms with E-state index in [0.717, 1.165) is 5.56 Å². The molecule has 0 saturated carbocycles. The third-order valence-corrected chi connectivity index (χ3v) is 6.18. The van der Waals surface area contributed by atoms with Gasteiger partial charge in [-0.15, -0.1) is 6.58 Å². The van der Waals surface area contributed by atoms with Gasteiger partial charge in [0.05, 0.1) is 16.5 Å². The average molecular weight is 428 g/mol. The van der Waals surface area contributed by atoms with Crippen molar-refractivity contribution in [2.45, 2.75) is 44.2 Å². The lowest BCUT2D eigenvalue weighted by atomic mass is 9.99. The van der Waals surface area contributed by atoms with E-state index < -0.39 is 27.6 Å². The highest BCUT2D eigenvalue weighted by molar-refractivity contribution is 7.89. The lowest BCUT2D eigenvalue weighted by molar-refractivity contribution is -0.150. The maximum absolute atomic E-state index is 13.5. The highest BCUT2D eigenvalue weighted by atomic mass is 32.2. The molecule has 0 saturated heterocycles. The number of benzene rings is 2. The van der Waals surface area contributed by atoms with Crippen LogP contribution < -0.4 is 0 Å². The summed E-state index contributed by atoms with van der Waals surface area (Å²) in [6.45, 7) is 14.8. The number of nitrogens with zero attached hydrogens (tertiary/aromatic N) is 1. The topological polar surface area (TPSA) is 63.7 Å². The minimum absolute atomic E-state index is 0.00239. The summed E-state index contributed by atoms with van der Waals surface area (Å²) < 4.78 is 33.8. The van der Waals surface area contributed by atoms with Gasteiger partial charge in [0.25, 0.3) is 0 Å². The van der Waals surface area contributed by atoms with Gasteiger partial charge in [0.15, 0.2) is 0 Å². The molecule has 0 aromatic heterocycles. The first-order valence-electron chi connectivity index (χ1n) is 9.64. The van der Waals surface area contributed by atoms with Gasteiger partial charge in [-0.3, -0.25) is 0 Å². The van der Waals surface area contributed by atoms with Crippen molar-refractivity contribution in [2.75, 3.05) is 6.54 Å². The summed E-state index contributed by atoms with van der Waals surface area (Å²) in [5, 5.41) is 0. The van der Waals surface area contributed by atoms with Crippen LogP contribution in [0, 0.1) is 6.92 Å². The first-order chi connectivity index (χ1) is 14.0. The summed E-state index contributed by atoms with van der Waals surface area (Å²) in [6.07, 6.45) is 1.49. The quantitative estimate of drug-likeness (QED) is 0.344. The maximum atomic E-state index is 13.5. The first-order valence-corrected chi connectivity index (χ1v) is 11.1. The lowest BCUT2D eigenvalue weighted by Gasteiger charge is -2.32. The van der Waals surface area contributed by atoms with Crippen molar-refractivity contribution in [3.63, 3.8) is 0 Å². The van der Waals surface area contributed by atoms with Crippen molar-refractivity contribution in [2.24, 2.45) is 0 Å². The van der Waals surface area contributed by atoms with Crippen LogP contribution in [0.1, 0.15) is 37.9 Å². The Morgan fingerprint density at radius 3 is 2.17 bits per heavy atom. The molecule has 0 radical (unpaired) electrons. The van der Waals surface area contributed by atoms with E-state index in [1.807, 2.05) is 13.0 Å². The number of ether oxygens (including phenoxy) is 1. The molecule has 160 valence electrons. The summed E-state index contributed by atoms with van der Waals surface area (Å²) in [7, 11) is -3.96. The van der Waals surface area contributed by atoms with Crippen LogP contribution in [0.15, 0.2) is 84.3 Å². The second-order valence-electron chi connectivity index (χ2n) is 8.02. The average Bonchev–Trinajstić information content (AvgIpc) is 2.67. The minimum atomic E-state index is -3.96. The van der Waals surface area contributed by atoms with Gasteiger partial charge in [0, 0.05) is 6.54 Å². The standard InChI is InChI=1S/C24H29NO4S/c1-7-17-25(30(27,28)21-15-13-18(2)14-16-21)22(20-11-9-8-10-12-20)19(3)23(26)29-24(4,5)6/h7-16,22H,1,3,17H2,2,4-6H3. The maximum Gasteiger partial charge on any atom is 0.335 e. The fraction of sp³-hybridized carbons (Fsp3) is 0.292. The van der Waals surface area contributed by atoms with Gasteiger partial charge in [-0.25, -0.2) is 13.2 Å². The first kappa shape index (κ1) is 23.6. The summed E-state index contributed by atoms with van der Waals surface area (Å²) in [4.78, 5) is 13.0. The van der Waals surface area contributed by atoms with E-state index in [1.54, 1.807) is 69.3 Å². The SMILES string of the molecule is C=CCN(C(C(=C)C(=O)OC(C)(C)C)c1ccccc1)S(=O)(=O)c1ccc(C)cc1. The van der Waals surface area contributed by atoms with Crippen LogP contribution in [-0.4, -0.2) is 30.8 Å². The Morgan fingerprint density at radius 1 is 1.10 bits per heavy atom. The molecule has 0 bridgehead atoms. The number of hydrogen-bond acceptors (Lipinski definition) is 4.